The second-order valence-electron chi connectivity index (χ2n) is 5.54. The molecule has 118 valence electrons. The lowest BCUT2D eigenvalue weighted by atomic mass is 9.82. The van der Waals surface area contributed by atoms with E-state index in [0.29, 0.717) is 17.2 Å². The van der Waals surface area contributed by atoms with Crippen LogP contribution in [0.5, 0.6) is 17.2 Å². The molecular formula is C18H22O4. The zero-order valence-corrected chi connectivity index (χ0v) is 13.3. The lowest BCUT2D eigenvalue weighted by molar-refractivity contribution is 0.295. The first-order valence-electron chi connectivity index (χ1n) is 7.63. The Morgan fingerprint density at radius 1 is 0.955 bits per heavy atom. The molecule has 4 nitrogen and oxygen atoms in total. The van der Waals surface area contributed by atoms with Gasteiger partial charge < -0.3 is 18.9 Å². The molecule has 0 bridgehead atoms. The van der Waals surface area contributed by atoms with Gasteiger partial charge in [0.05, 0.1) is 27.6 Å². The zero-order chi connectivity index (χ0) is 15.5. The van der Waals surface area contributed by atoms with Crippen LogP contribution >= 0.6 is 0 Å². The predicted molar refractivity (Wildman–Crippen MR) is 84.6 cm³/mol. The Bertz CT molecular complexity index is 591. The van der Waals surface area contributed by atoms with E-state index in [4.69, 9.17) is 18.9 Å². The van der Waals surface area contributed by atoms with Gasteiger partial charge in [-0.3, -0.25) is 0 Å². The summed E-state index contributed by atoms with van der Waals surface area (Å²) in [4.78, 5) is 0. The molecule has 1 aliphatic heterocycles. The zero-order valence-electron chi connectivity index (χ0n) is 13.3. The van der Waals surface area contributed by atoms with E-state index >= 15 is 0 Å². The topological polar surface area (TPSA) is 36.9 Å². The number of hydrogen-bond donors (Lipinski definition) is 0. The highest BCUT2D eigenvalue weighted by Gasteiger charge is 2.26. The van der Waals surface area contributed by atoms with Crippen LogP contribution in [0.2, 0.25) is 0 Å². The first kappa shape index (κ1) is 14.8. The number of rotatable bonds is 4. The number of methoxy groups -OCH3 is 3. The van der Waals surface area contributed by atoms with Gasteiger partial charge in [0.15, 0.2) is 11.5 Å². The summed E-state index contributed by atoms with van der Waals surface area (Å²) >= 11 is 0. The van der Waals surface area contributed by atoms with Crippen LogP contribution in [-0.4, -0.2) is 21.3 Å². The van der Waals surface area contributed by atoms with Crippen molar-refractivity contribution in [2.75, 3.05) is 21.3 Å². The van der Waals surface area contributed by atoms with Crippen molar-refractivity contribution in [2.24, 2.45) is 0 Å². The Hall–Kier alpha value is -2.10. The van der Waals surface area contributed by atoms with Gasteiger partial charge in [0.25, 0.3) is 0 Å². The minimum atomic E-state index is 0.220. The van der Waals surface area contributed by atoms with E-state index in [0.717, 1.165) is 24.2 Å². The fourth-order valence-corrected chi connectivity index (χ4v) is 3.27. The minimum Gasteiger partial charge on any atom is -0.493 e. The number of benzene rings is 1. The maximum atomic E-state index is 5.70. The minimum absolute atomic E-state index is 0.220. The van der Waals surface area contributed by atoms with Gasteiger partial charge >= 0.3 is 0 Å². The summed E-state index contributed by atoms with van der Waals surface area (Å²) in [5, 5.41) is 0. The van der Waals surface area contributed by atoms with Crippen molar-refractivity contribution in [2.45, 2.75) is 31.6 Å². The van der Waals surface area contributed by atoms with Crippen molar-refractivity contribution < 1.29 is 18.9 Å². The lowest BCUT2D eigenvalue weighted by Crippen LogP contribution is -2.12. The van der Waals surface area contributed by atoms with Crippen molar-refractivity contribution in [1.82, 2.24) is 0 Å². The Morgan fingerprint density at radius 2 is 1.64 bits per heavy atom. The van der Waals surface area contributed by atoms with Crippen LogP contribution < -0.4 is 14.2 Å². The van der Waals surface area contributed by atoms with Crippen LogP contribution in [0.4, 0.5) is 0 Å². The summed E-state index contributed by atoms with van der Waals surface area (Å²) in [6.07, 6.45) is 8.44. The van der Waals surface area contributed by atoms with Crippen LogP contribution in [0.1, 0.15) is 37.2 Å². The second kappa shape index (κ2) is 6.34. The average Bonchev–Trinajstić information content (AvgIpc) is 2.59. The normalized spacial score (nSPS) is 20.2. The maximum Gasteiger partial charge on any atom is 0.203 e. The van der Waals surface area contributed by atoms with Gasteiger partial charge in [-0.2, -0.15) is 0 Å². The molecular weight excluding hydrogens is 280 g/mol. The number of hydrogen-bond acceptors (Lipinski definition) is 4. The van der Waals surface area contributed by atoms with Crippen molar-refractivity contribution in [1.29, 1.82) is 0 Å². The van der Waals surface area contributed by atoms with Crippen molar-refractivity contribution in [3.63, 3.8) is 0 Å². The molecule has 1 atom stereocenters. The summed E-state index contributed by atoms with van der Waals surface area (Å²) in [6.45, 7) is 0. The summed E-state index contributed by atoms with van der Waals surface area (Å²) < 4.78 is 22.0. The maximum absolute atomic E-state index is 5.70. The predicted octanol–water partition coefficient (Wildman–Crippen LogP) is 4.17. The van der Waals surface area contributed by atoms with Crippen LogP contribution in [0, 0.1) is 0 Å². The molecule has 4 heteroatoms. The molecule has 3 rings (SSSR count). The van der Waals surface area contributed by atoms with Gasteiger partial charge in [0, 0.05) is 12.3 Å². The fraction of sp³-hybridized carbons (Fsp3) is 0.444. The van der Waals surface area contributed by atoms with E-state index < -0.39 is 0 Å². The molecule has 0 fully saturated rings. The number of ether oxygens (including phenoxy) is 4. The van der Waals surface area contributed by atoms with Gasteiger partial charge in [-0.1, -0.05) is 0 Å². The van der Waals surface area contributed by atoms with Crippen LogP contribution in [0.3, 0.4) is 0 Å². The Morgan fingerprint density at radius 3 is 2.27 bits per heavy atom. The quantitative estimate of drug-likeness (QED) is 0.836. The third-order valence-corrected chi connectivity index (χ3v) is 4.36. The second-order valence-corrected chi connectivity index (χ2v) is 5.54. The standard InChI is InChI=1S/C18H22O4/c1-19-16-10-12(11-17(20-2)18(16)21-3)13-8-9-22-15-7-5-4-6-14(13)15/h8-11,13H,4-7H2,1-3H3. The molecule has 0 N–H and O–H groups in total. The molecule has 0 radical (unpaired) electrons. The largest absolute Gasteiger partial charge is 0.493 e. The van der Waals surface area contributed by atoms with Crippen molar-refractivity contribution in [3.05, 3.63) is 41.4 Å². The third kappa shape index (κ3) is 2.54. The van der Waals surface area contributed by atoms with Gasteiger partial charge in [-0.25, -0.2) is 0 Å². The third-order valence-electron chi connectivity index (χ3n) is 4.36. The summed E-state index contributed by atoms with van der Waals surface area (Å²) in [7, 11) is 4.91. The molecule has 1 aliphatic carbocycles. The fourth-order valence-electron chi connectivity index (χ4n) is 3.27. The molecule has 1 aromatic carbocycles. The monoisotopic (exact) mass is 302 g/mol. The molecule has 2 aliphatic rings. The van der Waals surface area contributed by atoms with Gasteiger partial charge in [-0.15, -0.1) is 0 Å². The van der Waals surface area contributed by atoms with Gasteiger partial charge in [0.1, 0.15) is 5.76 Å². The van der Waals surface area contributed by atoms with E-state index in [-0.39, 0.29) is 5.92 Å². The highest BCUT2D eigenvalue weighted by molar-refractivity contribution is 5.56. The van der Waals surface area contributed by atoms with Gasteiger partial charge in [-0.05, 0) is 48.6 Å². The van der Waals surface area contributed by atoms with E-state index in [1.54, 1.807) is 27.6 Å². The first-order valence-corrected chi connectivity index (χ1v) is 7.63. The average molecular weight is 302 g/mol. The highest BCUT2D eigenvalue weighted by Crippen LogP contribution is 2.45. The Kier molecular flexibility index (Phi) is 4.27. The molecule has 0 aromatic heterocycles. The van der Waals surface area contributed by atoms with E-state index in [9.17, 15) is 0 Å². The Balaban J connectivity index is 2.05. The van der Waals surface area contributed by atoms with Crippen LogP contribution in [0.25, 0.3) is 0 Å². The van der Waals surface area contributed by atoms with Gasteiger partial charge in [0.2, 0.25) is 5.75 Å². The van der Waals surface area contributed by atoms with E-state index in [1.165, 1.54) is 18.4 Å². The van der Waals surface area contributed by atoms with E-state index in [2.05, 4.69) is 6.08 Å². The molecule has 0 amide bonds. The first-order chi connectivity index (χ1) is 10.8. The molecule has 1 unspecified atom stereocenters. The summed E-state index contributed by atoms with van der Waals surface area (Å²) in [6, 6.07) is 4.06. The highest BCUT2D eigenvalue weighted by atomic mass is 16.5. The molecule has 0 saturated carbocycles. The molecule has 0 saturated heterocycles. The Labute approximate surface area is 131 Å². The van der Waals surface area contributed by atoms with Crippen LogP contribution in [-0.2, 0) is 4.74 Å². The molecule has 1 heterocycles. The SMILES string of the molecule is COc1cc(C2C=COC3=C2CCCC3)cc(OC)c1OC. The molecule has 22 heavy (non-hydrogen) atoms. The van der Waals surface area contributed by atoms with Crippen molar-refractivity contribution >= 4 is 0 Å². The van der Waals surface area contributed by atoms with Crippen molar-refractivity contribution in [3.8, 4) is 17.2 Å². The van der Waals surface area contributed by atoms with Crippen LogP contribution in [0.15, 0.2) is 35.8 Å². The number of allylic oxidation sites excluding steroid dienone is 3. The van der Waals surface area contributed by atoms with E-state index in [1.807, 2.05) is 12.1 Å². The molecule has 1 aromatic rings. The smallest absolute Gasteiger partial charge is 0.203 e. The lowest BCUT2D eigenvalue weighted by Gasteiger charge is -2.28. The molecule has 0 spiro atoms. The summed E-state index contributed by atoms with van der Waals surface area (Å²) in [5.41, 5.74) is 2.52. The summed E-state index contributed by atoms with van der Waals surface area (Å²) in [5.74, 6) is 3.36.